The van der Waals surface area contributed by atoms with Crippen LogP contribution in [0.5, 0.6) is 0 Å². The molecule has 1 aliphatic rings. The van der Waals surface area contributed by atoms with Gasteiger partial charge in [-0.1, -0.05) is 25.1 Å². The Morgan fingerprint density at radius 2 is 2.12 bits per heavy atom. The van der Waals surface area contributed by atoms with Crippen LogP contribution in [0, 0.1) is 0 Å². The van der Waals surface area contributed by atoms with Crippen LogP contribution in [-0.4, -0.2) is 18.7 Å². The smallest absolute Gasteiger partial charge is 0.227 e. The summed E-state index contributed by atoms with van der Waals surface area (Å²) in [4.78, 5) is 25.2. The zero-order chi connectivity index (χ0) is 11.7. The van der Waals surface area contributed by atoms with Gasteiger partial charge in [-0.2, -0.15) is 0 Å². The van der Waals surface area contributed by atoms with Crippen LogP contribution in [0.2, 0.25) is 0 Å². The molecule has 0 radical (unpaired) electrons. The lowest BCUT2D eigenvalue weighted by Crippen LogP contribution is -2.35. The van der Waals surface area contributed by atoms with E-state index in [4.69, 9.17) is 0 Å². The van der Waals surface area contributed by atoms with Gasteiger partial charge in [-0.3, -0.25) is 9.59 Å². The highest BCUT2D eigenvalue weighted by Crippen LogP contribution is 2.35. The van der Waals surface area contributed by atoms with Crippen molar-refractivity contribution in [2.75, 3.05) is 11.9 Å². The number of anilines is 1. The molecule has 0 saturated heterocycles. The number of amides is 1. The van der Waals surface area contributed by atoms with Crippen LogP contribution in [0.25, 0.3) is 0 Å². The fourth-order valence-electron chi connectivity index (χ4n) is 2.18. The molecule has 0 spiro atoms. The molecule has 0 aliphatic carbocycles. The maximum Gasteiger partial charge on any atom is 0.227 e. The highest BCUT2D eigenvalue weighted by atomic mass is 16.2. The van der Waals surface area contributed by atoms with Gasteiger partial charge in [0.2, 0.25) is 5.91 Å². The third kappa shape index (κ3) is 1.62. The first kappa shape index (κ1) is 10.9. The number of para-hydroxylation sites is 1. The Labute approximate surface area is 95.1 Å². The number of nitrogens with zero attached hydrogens (tertiary/aromatic N) is 1. The minimum Gasteiger partial charge on any atom is -0.315 e. The predicted octanol–water partition coefficient (Wildman–Crippen LogP) is 2.12. The summed E-state index contributed by atoms with van der Waals surface area (Å²) in [6, 6.07) is 7.64. The Morgan fingerprint density at radius 3 is 2.81 bits per heavy atom. The summed E-state index contributed by atoms with van der Waals surface area (Å²) in [7, 11) is 1.76. The van der Waals surface area contributed by atoms with E-state index in [2.05, 4.69) is 0 Å². The van der Waals surface area contributed by atoms with Gasteiger partial charge in [0.1, 0.15) is 5.78 Å². The number of hydrogen-bond donors (Lipinski definition) is 0. The molecule has 0 aromatic heterocycles. The van der Waals surface area contributed by atoms with E-state index in [1.54, 1.807) is 11.9 Å². The molecule has 1 atom stereocenters. The molecule has 0 bridgehead atoms. The van der Waals surface area contributed by atoms with Gasteiger partial charge in [0.05, 0.1) is 5.92 Å². The Morgan fingerprint density at radius 1 is 1.44 bits per heavy atom. The van der Waals surface area contributed by atoms with Crippen molar-refractivity contribution < 1.29 is 9.59 Å². The Hall–Kier alpha value is -1.64. The molecule has 3 nitrogen and oxygen atoms in total. The monoisotopic (exact) mass is 217 g/mol. The molecule has 1 aromatic rings. The van der Waals surface area contributed by atoms with E-state index in [0.29, 0.717) is 12.8 Å². The second-order valence-electron chi connectivity index (χ2n) is 4.09. The lowest BCUT2D eigenvalue weighted by atomic mass is 9.85. The standard InChI is InChI=1S/C13H15NO2/c1-3-12(15)10-8-13(16)14(2)11-7-5-4-6-9(10)11/h4-7,10H,3,8H2,1-2H3. The summed E-state index contributed by atoms with van der Waals surface area (Å²) in [5.41, 5.74) is 1.85. The molecule has 0 saturated carbocycles. The molecule has 84 valence electrons. The Bertz CT molecular complexity index is 439. The van der Waals surface area contributed by atoms with E-state index in [9.17, 15) is 9.59 Å². The first-order valence-corrected chi connectivity index (χ1v) is 5.53. The molecule has 1 unspecified atom stereocenters. The van der Waals surface area contributed by atoms with E-state index >= 15 is 0 Å². The predicted molar refractivity (Wildman–Crippen MR) is 62.5 cm³/mol. The minimum atomic E-state index is -0.245. The zero-order valence-electron chi connectivity index (χ0n) is 9.56. The highest BCUT2D eigenvalue weighted by Gasteiger charge is 2.32. The van der Waals surface area contributed by atoms with E-state index in [1.807, 2.05) is 31.2 Å². The van der Waals surface area contributed by atoms with Gasteiger partial charge < -0.3 is 4.90 Å². The van der Waals surface area contributed by atoms with Crippen molar-refractivity contribution in [3.8, 4) is 0 Å². The molecular formula is C13H15NO2. The van der Waals surface area contributed by atoms with Gasteiger partial charge >= 0.3 is 0 Å². The van der Waals surface area contributed by atoms with Crippen LogP contribution >= 0.6 is 0 Å². The zero-order valence-corrected chi connectivity index (χ0v) is 9.56. The average Bonchev–Trinajstić information content (AvgIpc) is 2.33. The van der Waals surface area contributed by atoms with Gasteiger partial charge in [0.15, 0.2) is 0 Å². The summed E-state index contributed by atoms with van der Waals surface area (Å²) in [5, 5.41) is 0. The number of rotatable bonds is 2. The molecule has 0 fully saturated rings. The number of carbonyl (C=O) groups is 2. The van der Waals surface area contributed by atoms with Crippen LogP contribution in [0.4, 0.5) is 5.69 Å². The van der Waals surface area contributed by atoms with Crippen LogP contribution in [-0.2, 0) is 9.59 Å². The normalized spacial score (nSPS) is 19.5. The molecule has 2 rings (SSSR count). The Kier molecular flexibility index (Phi) is 2.77. The van der Waals surface area contributed by atoms with Crippen molar-refractivity contribution in [3.05, 3.63) is 29.8 Å². The van der Waals surface area contributed by atoms with E-state index < -0.39 is 0 Å². The first-order valence-electron chi connectivity index (χ1n) is 5.53. The summed E-state index contributed by atoms with van der Waals surface area (Å²) in [5.74, 6) is -0.0794. The summed E-state index contributed by atoms with van der Waals surface area (Å²) in [6.45, 7) is 1.84. The third-order valence-electron chi connectivity index (χ3n) is 3.16. The maximum absolute atomic E-state index is 11.8. The number of ketones is 1. The van der Waals surface area contributed by atoms with Crippen LogP contribution < -0.4 is 4.90 Å². The lowest BCUT2D eigenvalue weighted by Gasteiger charge is -2.30. The number of carbonyl (C=O) groups excluding carboxylic acids is 2. The molecule has 16 heavy (non-hydrogen) atoms. The van der Waals surface area contributed by atoms with Crippen molar-refractivity contribution in [2.24, 2.45) is 0 Å². The highest BCUT2D eigenvalue weighted by molar-refractivity contribution is 6.02. The quantitative estimate of drug-likeness (QED) is 0.761. The minimum absolute atomic E-state index is 0.0190. The van der Waals surface area contributed by atoms with Crippen molar-refractivity contribution in [2.45, 2.75) is 25.7 Å². The Balaban J connectivity index is 2.49. The van der Waals surface area contributed by atoms with Crippen LogP contribution in [0.1, 0.15) is 31.2 Å². The van der Waals surface area contributed by atoms with E-state index in [1.165, 1.54) is 0 Å². The average molecular weight is 217 g/mol. The van der Waals surface area contributed by atoms with Crippen LogP contribution in [0.3, 0.4) is 0 Å². The van der Waals surface area contributed by atoms with Crippen molar-refractivity contribution >= 4 is 17.4 Å². The molecule has 1 aliphatic heterocycles. The second kappa shape index (κ2) is 4.08. The third-order valence-corrected chi connectivity index (χ3v) is 3.16. The summed E-state index contributed by atoms with van der Waals surface area (Å²) < 4.78 is 0. The second-order valence-corrected chi connectivity index (χ2v) is 4.09. The van der Waals surface area contributed by atoms with E-state index in [0.717, 1.165) is 11.3 Å². The fourth-order valence-corrected chi connectivity index (χ4v) is 2.18. The number of hydrogen-bond acceptors (Lipinski definition) is 2. The molecule has 1 aromatic carbocycles. The summed E-state index contributed by atoms with van der Waals surface area (Å²) >= 11 is 0. The summed E-state index contributed by atoms with van der Waals surface area (Å²) in [6.07, 6.45) is 0.788. The van der Waals surface area contributed by atoms with Crippen molar-refractivity contribution in [3.63, 3.8) is 0 Å². The first-order chi connectivity index (χ1) is 7.65. The van der Waals surface area contributed by atoms with Gasteiger partial charge in [-0.15, -0.1) is 0 Å². The lowest BCUT2D eigenvalue weighted by molar-refractivity contribution is -0.125. The van der Waals surface area contributed by atoms with E-state index in [-0.39, 0.29) is 17.6 Å². The fraction of sp³-hybridized carbons (Fsp3) is 0.385. The number of benzene rings is 1. The molecular weight excluding hydrogens is 202 g/mol. The van der Waals surface area contributed by atoms with Crippen molar-refractivity contribution in [1.29, 1.82) is 0 Å². The molecule has 3 heteroatoms. The van der Waals surface area contributed by atoms with Crippen molar-refractivity contribution in [1.82, 2.24) is 0 Å². The molecule has 0 N–H and O–H groups in total. The van der Waals surface area contributed by atoms with Gasteiger partial charge in [0, 0.05) is 25.6 Å². The topological polar surface area (TPSA) is 37.4 Å². The van der Waals surface area contributed by atoms with Crippen LogP contribution in [0.15, 0.2) is 24.3 Å². The molecule has 1 heterocycles. The van der Waals surface area contributed by atoms with Gasteiger partial charge in [-0.25, -0.2) is 0 Å². The van der Waals surface area contributed by atoms with Gasteiger partial charge in [0.25, 0.3) is 0 Å². The number of Topliss-reactive ketones (excluding diaryl/α,β-unsaturated/α-hetero) is 1. The molecule has 1 amide bonds. The maximum atomic E-state index is 11.8. The van der Waals surface area contributed by atoms with Gasteiger partial charge in [-0.05, 0) is 11.6 Å². The SMILES string of the molecule is CCC(=O)C1CC(=O)N(C)c2ccccc21. The largest absolute Gasteiger partial charge is 0.315 e. The number of fused-ring (bicyclic) bond motifs is 1.